The Morgan fingerprint density at radius 2 is 2.10 bits per heavy atom. The van der Waals surface area contributed by atoms with Crippen LogP contribution in [0.25, 0.3) is 0 Å². The summed E-state index contributed by atoms with van der Waals surface area (Å²) in [7, 11) is 0. The van der Waals surface area contributed by atoms with E-state index in [0.717, 1.165) is 17.8 Å². The van der Waals surface area contributed by atoms with Gasteiger partial charge in [-0.3, -0.25) is 0 Å². The Bertz CT molecular complexity index is 180. The monoisotopic (exact) mass is 135 g/mol. The van der Waals surface area contributed by atoms with Crippen molar-refractivity contribution in [1.82, 2.24) is 0 Å². The second-order valence-corrected chi connectivity index (χ2v) is 5.02. The first-order valence-corrected chi connectivity index (χ1v) is 4.55. The quantitative estimate of drug-likeness (QED) is 0.479. The molecule has 4 aliphatic rings. The van der Waals surface area contributed by atoms with Gasteiger partial charge in [-0.2, -0.15) is 0 Å². The van der Waals surface area contributed by atoms with E-state index in [9.17, 15) is 0 Å². The zero-order chi connectivity index (χ0) is 6.93. The van der Waals surface area contributed by atoms with Crippen LogP contribution in [-0.4, -0.2) is 0 Å². The molecule has 0 heteroatoms. The Labute approximate surface area is 63.0 Å². The fourth-order valence-electron chi connectivity index (χ4n) is 3.28. The maximum Gasteiger partial charge on any atom is -0.0170 e. The molecule has 10 heavy (non-hydrogen) atoms. The first-order valence-electron chi connectivity index (χ1n) is 4.55. The molecule has 4 aliphatic carbocycles. The fraction of sp³-hybridized carbons (Fsp3) is 0.900. The van der Waals surface area contributed by atoms with Crippen molar-refractivity contribution in [3.63, 3.8) is 0 Å². The highest BCUT2D eigenvalue weighted by atomic mass is 14.7. The summed E-state index contributed by atoms with van der Waals surface area (Å²) in [5, 5.41) is 0. The maximum absolute atomic E-state index is 2.47. The van der Waals surface area contributed by atoms with E-state index < -0.39 is 0 Å². The molecule has 0 saturated heterocycles. The summed E-state index contributed by atoms with van der Waals surface area (Å²) in [5.74, 6) is 5.19. The van der Waals surface area contributed by atoms with Gasteiger partial charge in [0.05, 0.1) is 0 Å². The molecule has 0 unspecified atom stereocenters. The van der Waals surface area contributed by atoms with Gasteiger partial charge in [0.2, 0.25) is 0 Å². The van der Waals surface area contributed by atoms with Crippen LogP contribution >= 0.6 is 0 Å². The van der Waals surface area contributed by atoms with Crippen LogP contribution in [-0.2, 0) is 0 Å². The summed E-state index contributed by atoms with van der Waals surface area (Å²) in [4.78, 5) is 0. The van der Waals surface area contributed by atoms with E-state index in [-0.39, 0.29) is 0 Å². The van der Waals surface area contributed by atoms with E-state index >= 15 is 0 Å². The summed E-state index contributed by atoms with van der Waals surface area (Å²) in [6, 6.07) is 0. The third-order valence-electron chi connectivity index (χ3n) is 4.33. The van der Waals surface area contributed by atoms with Crippen LogP contribution in [0.5, 0.6) is 0 Å². The van der Waals surface area contributed by atoms with Gasteiger partial charge >= 0.3 is 0 Å². The van der Waals surface area contributed by atoms with E-state index in [2.05, 4.69) is 13.8 Å². The van der Waals surface area contributed by atoms with Crippen LogP contribution in [0.15, 0.2) is 0 Å². The molecule has 0 aromatic carbocycles. The van der Waals surface area contributed by atoms with Crippen molar-refractivity contribution in [1.29, 1.82) is 0 Å². The normalized spacial score (nSPS) is 55.2. The maximum atomic E-state index is 2.47. The Morgan fingerprint density at radius 3 is 2.60 bits per heavy atom. The van der Waals surface area contributed by atoms with Crippen molar-refractivity contribution in [2.75, 3.05) is 0 Å². The lowest BCUT2D eigenvalue weighted by atomic mass is 9.49. The minimum Gasteiger partial charge on any atom is -0.0594 e. The predicted molar refractivity (Wildman–Crippen MR) is 41.3 cm³/mol. The molecule has 0 heterocycles. The summed E-state index contributed by atoms with van der Waals surface area (Å²) in [6.07, 6.45) is 4.59. The van der Waals surface area contributed by atoms with E-state index in [0.29, 0.717) is 5.41 Å². The Hall–Kier alpha value is 0. The van der Waals surface area contributed by atoms with Crippen molar-refractivity contribution >= 4 is 0 Å². The largest absolute Gasteiger partial charge is 0.0594 e. The third-order valence-corrected chi connectivity index (χ3v) is 4.33. The van der Waals surface area contributed by atoms with Crippen molar-refractivity contribution in [2.24, 2.45) is 23.2 Å². The van der Waals surface area contributed by atoms with Crippen LogP contribution in [0.4, 0.5) is 0 Å². The molecule has 4 rings (SSSR count). The number of hydrogen-bond acceptors (Lipinski definition) is 0. The lowest BCUT2D eigenvalue weighted by Crippen LogP contribution is -2.48. The molecule has 0 nitrogen and oxygen atoms in total. The van der Waals surface area contributed by atoms with Gasteiger partial charge in [0.25, 0.3) is 0 Å². The molecule has 0 aromatic rings. The van der Waals surface area contributed by atoms with E-state index in [1.165, 1.54) is 6.42 Å². The zero-order valence-corrected chi connectivity index (χ0v) is 6.85. The molecule has 1 radical (unpaired) electrons. The number of hydrogen-bond donors (Lipinski definition) is 0. The van der Waals surface area contributed by atoms with Gasteiger partial charge < -0.3 is 0 Å². The molecule has 4 fully saturated rings. The highest BCUT2D eigenvalue weighted by Gasteiger charge is 2.63. The molecule has 0 spiro atoms. The molecule has 0 aliphatic heterocycles. The first-order chi connectivity index (χ1) is 4.69. The van der Waals surface area contributed by atoms with Gasteiger partial charge in [-0.1, -0.05) is 13.8 Å². The summed E-state index contributed by atoms with van der Waals surface area (Å²) < 4.78 is 0. The molecule has 0 amide bonds. The predicted octanol–water partition coefficient (Wildman–Crippen LogP) is 2.65. The minimum absolute atomic E-state index is 0.711. The second-order valence-electron chi connectivity index (χ2n) is 5.02. The average molecular weight is 135 g/mol. The molecular weight excluding hydrogens is 120 g/mol. The Balaban J connectivity index is 1.94. The fourth-order valence-corrected chi connectivity index (χ4v) is 3.28. The minimum atomic E-state index is 0.711. The van der Waals surface area contributed by atoms with Gasteiger partial charge in [0.1, 0.15) is 0 Å². The van der Waals surface area contributed by atoms with Gasteiger partial charge in [-0.05, 0) is 48.3 Å². The Morgan fingerprint density at radius 1 is 1.30 bits per heavy atom. The van der Waals surface area contributed by atoms with Crippen molar-refractivity contribution < 1.29 is 0 Å². The van der Waals surface area contributed by atoms with Crippen molar-refractivity contribution in [3.05, 3.63) is 5.92 Å². The van der Waals surface area contributed by atoms with E-state index in [1.807, 2.05) is 5.92 Å². The smallest absolute Gasteiger partial charge is 0.0170 e. The van der Waals surface area contributed by atoms with Crippen LogP contribution in [0.2, 0.25) is 0 Å². The summed E-state index contributed by atoms with van der Waals surface area (Å²) in [5.41, 5.74) is 0.711. The highest BCUT2D eigenvalue weighted by Crippen LogP contribution is 2.72. The van der Waals surface area contributed by atoms with Gasteiger partial charge in [-0.15, -0.1) is 0 Å². The summed E-state index contributed by atoms with van der Waals surface area (Å²) >= 11 is 0. The van der Waals surface area contributed by atoms with Crippen LogP contribution in [0.1, 0.15) is 33.1 Å². The molecule has 0 N–H and O–H groups in total. The molecule has 0 aromatic heterocycles. The topological polar surface area (TPSA) is 0 Å². The third kappa shape index (κ3) is 0.436. The van der Waals surface area contributed by atoms with Crippen LogP contribution < -0.4 is 0 Å². The van der Waals surface area contributed by atoms with Gasteiger partial charge in [-0.25, -0.2) is 0 Å². The molecule has 4 saturated carbocycles. The average Bonchev–Trinajstić information content (AvgIpc) is 2.62. The second kappa shape index (κ2) is 1.31. The summed E-state index contributed by atoms with van der Waals surface area (Å²) in [6.45, 7) is 4.93. The Kier molecular flexibility index (Phi) is 0.735. The molecule has 2 bridgehead atoms. The molecule has 3 atom stereocenters. The highest BCUT2D eigenvalue weighted by molar-refractivity contribution is 5.29. The standard InChI is InChI=1S/C10H15/c1-10(2)7-3-6-4-8(6)9(10)5-7/h6-7,9H,3-5H2,1-2H3/t6-,7-,9+/m0/s1. The SMILES string of the molecule is CC1(C)[C@H]2C[C@H]3C[C]3[C@H]1C2. The van der Waals surface area contributed by atoms with Gasteiger partial charge in [0, 0.05) is 0 Å². The van der Waals surface area contributed by atoms with Crippen molar-refractivity contribution in [2.45, 2.75) is 33.1 Å². The van der Waals surface area contributed by atoms with E-state index in [1.54, 1.807) is 12.8 Å². The van der Waals surface area contributed by atoms with Gasteiger partial charge in [0.15, 0.2) is 0 Å². The van der Waals surface area contributed by atoms with Crippen molar-refractivity contribution in [3.8, 4) is 0 Å². The molecule has 55 valence electrons. The lowest BCUT2D eigenvalue weighted by molar-refractivity contribution is -0.0335. The van der Waals surface area contributed by atoms with E-state index in [4.69, 9.17) is 0 Å². The van der Waals surface area contributed by atoms with Crippen LogP contribution in [0, 0.1) is 29.1 Å². The lowest BCUT2D eigenvalue weighted by Gasteiger charge is -2.56. The first kappa shape index (κ1) is 5.62. The van der Waals surface area contributed by atoms with Crippen LogP contribution in [0.3, 0.4) is 0 Å². The number of rotatable bonds is 0. The zero-order valence-electron chi connectivity index (χ0n) is 6.85. The molecular formula is C10H15.